The first-order valence-electron chi connectivity index (χ1n) is 9.35. The monoisotopic (exact) mass is 415 g/mol. The Morgan fingerprint density at radius 1 is 0.962 bits per heavy atom. The van der Waals surface area contributed by atoms with Gasteiger partial charge in [0.1, 0.15) is 0 Å². The van der Waals surface area contributed by atoms with E-state index < -0.39 is 0 Å². The molecule has 1 aromatic carbocycles. The highest BCUT2D eigenvalue weighted by molar-refractivity contribution is 6.42. The molecule has 142 valence electrons. The summed E-state index contributed by atoms with van der Waals surface area (Å²) in [6.07, 6.45) is 7.39. The predicted octanol–water partition coefficient (Wildman–Crippen LogP) is 5.73. The molecule has 4 fully saturated rings. The molecule has 0 spiro atoms. The van der Waals surface area contributed by atoms with Crippen molar-refractivity contribution in [1.29, 1.82) is 0 Å². The topological polar surface area (TPSA) is 38.3 Å². The van der Waals surface area contributed by atoms with E-state index in [1.54, 1.807) is 0 Å². The van der Waals surface area contributed by atoms with Crippen molar-refractivity contribution < 1.29 is 9.53 Å². The normalized spacial score (nSPS) is 32.0. The Hall–Kier alpha value is -0.640. The van der Waals surface area contributed by atoms with Gasteiger partial charge in [0.25, 0.3) is 5.91 Å². The van der Waals surface area contributed by atoms with Crippen LogP contribution >= 0.6 is 34.8 Å². The standard InChI is InChI=1S/C20H24Cl3NO2/c1-10-16(21)11(2)18(23)19(17(10)22)26-9-15(25)24-20-6-12-3-13(7-20)5-14(4-12)8-20/h12-14H,3-9H2,1-2H3,(H,24,25). The molecule has 0 atom stereocenters. The van der Waals surface area contributed by atoms with Gasteiger partial charge in [-0.15, -0.1) is 0 Å². The van der Waals surface area contributed by atoms with Gasteiger partial charge in [0.15, 0.2) is 12.4 Å². The Kier molecular flexibility index (Phi) is 4.86. The maximum Gasteiger partial charge on any atom is 0.258 e. The summed E-state index contributed by atoms with van der Waals surface area (Å²) in [6, 6.07) is 0. The summed E-state index contributed by atoms with van der Waals surface area (Å²) < 4.78 is 5.73. The van der Waals surface area contributed by atoms with Crippen LogP contribution < -0.4 is 10.1 Å². The first-order chi connectivity index (χ1) is 12.3. The highest BCUT2D eigenvalue weighted by Crippen LogP contribution is 2.55. The second-order valence-electron chi connectivity index (χ2n) is 8.56. The van der Waals surface area contributed by atoms with E-state index in [4.69, 9.17) is 39.5 Å². The van der Waals surface area contributed by atoms with Crippen LogP contribution in [-0.4, -0.2) is 18.1 Å². The molecule has 1 N–H and O–H groups in total. The van der Waals surface area contributed by atoms with Gasteiger partial charge in [0.2, 0.25) is 0 Å². The predicted molar refractivity (Wildman–Crippen MR) is 105 cm³/mol. The van der Waals surface area contributed by atoms with Gasteiger partial charge < -0.3 is 10.1 Å². The number of ether oxygens (including phenoxy) is 1. The lowest BCUT2D eigenvalue weighted by Gasteiger charge is -2.56. The average Bonchev–Trinajstić information content (AvgIpc) is 2.56. The number of hydrogen-bond acceptors (Lipinski definition) is 2. The van der Waals surface area contributed by atoms with Gasteiger partial charge in [-0.2, -0.15) is 0 Å². The molecular formula is C20H24Cl3NO2. The molecule has 4 aliphatic carbocycles. The van der Waals surface area contributed by atoms with Crippen LogP contribution in [0.3, 0.4) is 0 Å². The minimum atomic E-state index is -0.0932. The third-order valence-electron chi connectivity index (χ3n) is 6.51. The minimum absolute atomic E-state index is 0.0192. The summed E-state index contributed by atoms with van der Waals surface area (Å²) in [5, 5.41) is 4.57. The molecule has 0 aromatic heterocycles. The quantitative estimate of drug-likeness (QED) is 0.681. The Bertz CT molecular complexity index is 698. The molecule has 0 saturated heterocycles. The maximum atomic E-state index is 12.6. The van der Waals surface area contributed by atoms with Crippen molar-refractivity contribution in [1.82, 2.24) is 5.32 Å². The van der Waals surface area contributed by atoms with Crippen LogP contribution in [0.25, 0.3) is 0 Å². The number of benzene rings is 1. The zero-order valence-electron chi connectivity index (χ0n) is 15.1. The van der Waals surface area contributed by atoms with Crippen LogP contribution in [-0.2, 0) is 4.79 Å². The highest BCUT2D eigenvalue weighted by atomic mass is 35.5. The van der Waals surface area contributed by atoms with Crippen LogP contribution in [0.4, 0.5) is 0 Å². The Labute approximate surface area is 169 Å². The number of amides is 1. The molecule has 0 heterocycles. The summed E-state index contributed by atoms with van der Waals surface area (Å²) in [5.41, 5.74) is 1.41. The van der Waals surface area contributed by atoms with Gasteiger partial charge >= 0.3 is 0 Å². The summed E-state index contributed by atoms with van der Waals surface area (Å²) >= 11 is 18.9. The van der Waals surface area contributed by atoms with E-state index in [0.717, 1.165) is 37.0 Å². The van der Waals surface area contributed by atoms with Crippen LogP contribution in [0.1, 0.15) is 49.7 Å². The summed E-state index contributed by atoms with van der Waals surface area (Å²) in [5.74, 6) is 2.60. The molecule has 4 aliphatic rings. The average molecular weight is 417 g/mol. The van der Waals surface area contributed by atoms with Crippen LogP contribution in [0, 0.1) is 31.6 Å². The fourth-order valence-electron chi connectivity index (χ4n) is 5.77. The van der Waals surface area contributed by atoms with Crippen molar-refractivity contribution in [3.05, 3.63) is 26.2 Å². The molecule has 1 aromatic rings. The highest BCUT2D eigenvalue weighted by Gasteiger charge is 2.51. The van der Waals surface area contributed by atoms with Crippen LogP contribution in [0.15, 0.2) is 0 Å². The lowest BCUT2D eigenvalue weighted by Crippen LogP contribution is -2.60. The van der Waals surface area contributed by atoms with E-state index >= 15 is 0 Å². The number of nitrogens with one attached hydrogen (secondary N) is 1. The summed E-state index contributed by atoms with van der Waals surface area (Å²) in [4.78, 5) is 12.6. The fourth-order valence-corrected chi connectivity index (χ4v) is 6.59. The molecule has 3 nitrogen and oxygen atoms in total. The number of rotatable bonds is 4. The first kappa shape index (κ1) is 18.7. The molecule has 1 amide bonds. The Balaban J connectivity index is 1.44. The van der Waals surface area contributed by atoms with Crippen molar-refractivity contribution in [3.8, 4) is 5.75 Å². The second kappa shape index (κ2) is 6.76. The number of halogens is 3. The minimum Gasteiger partial charge on any atom is -0.481 e. The van der Waals surface area contributed by atoms with Gasteiger partial charge in [-0.25, -0.2) is 0 Å². The van der Waals surface area contributed by atoms with Gasteiger partial charge in [0.05, 0.1) is 10.0 Å². The Morgan fingerprint density at radius 2 is 1.42 bits per heavy atom. The van der Waals surface area contributed by atoms with E-state index in [2.05, 4.69) is 5.32 Å². The number of carbonyl (C=O) groups is 1. The molecule has 4 saturated carbocycles. The third kappa shape index (κ3) is 3.21. The molecular weight excluding hydrogens is 393 g/mol. The molecule has 0 radical (unpaired) electrons. The lowest BCUT2D eigenvalue weighted by molar-refractivity contribution is -0.128. The maximum absolute atomic E-state index is 12.6. The molecule has 4 bridgehead atoms. The van der Waals surface area contributed by atoms with Crippen molar-refractivity contribution in [2.75, 3.05) is 6.61 Å². The summed E-state index contributed by atoms with van der Waals surface area (Å²) in [6.45, 7) is 3.55. The number of carbonyl (C=O) groups excluding carboxylic acids is 1. The van der Waals surface area contributed by atoms with E-state index in [0.29, 0.717) is 31.9 Å². The van der Waals surface area contributed by atoms with Gasteiger partial charge in [-0.1, -0.05) is 34.8 Å². The smallest absolute Gasteiger partial charge is 0.258 e. The molecule has 26 heavy (non-hydrogen) atoms. The van der Waals surface area contributed by atoms with Crippen molar-refractivity contribution in [3.63, 3.8) is 0 Å². The third-order valence-corrected chi connectivity index (χ3v) is 7.98. The largest absolute Gasteiger partial charge is 0.481 e. The summed E-state index contributed by atoms with van der Waals surface area (Å²) in [7, 11) is 0. The Morgan fingerprint density at radius 3 is 1.88 bits per heavy atom. The van der Waals surface area contributed by atoms with E-state index in [1.807, 2.05) is 13.8 Å². The van der Waals surface area contributed by atoms with Crippen LogP contribution in [0.5, 0.6) is 5.75 Å². The first-order valence-corrected chi connectivity index (χ1v) is 10.5. The van der Waals surface area contributed by atoms with E-state index in [1.165, 1.54) is 19.3 Å². The molecule has 0 unspecified atom stereocenters. The molecule has 6 heteroatoms. The van der Waals surface area contributed by atoms with Crippen LogP contribution in [0.2, 0.25) is 15.1 Å². The van der Waals surface area contributed by atoms with Crippen molar-refractivity contribution in [2.24, 2.45) is 17.8 Å². The van der Waals surface area contributed by atoms with E-state index in [-0.39, 0.29) is 18.1 Å². The SMILES string of the molecule is Cc1c(Cl)c(C)c(Cl)c(OCC(=O)NC23CC4CC(CC(C4)C2)C3)c1Cl. The van der Waals surface area contributed by atoms with Gasteiger partial charge in [-0.3, -0.25) is 4.79 Å². The van der Waals surface area contributed by atoms with Crippen molar-refractivity contribution >= 4 is 40.7 Å². The van der Waals surface area contributed by atoms with Gasteiger partial charge in [0, 0.05) is 10.6 Å². The van der Waals surface area contributed by atoms with Crippen molar-refractivity contribution in [2.45, 2.75) is 57.9 Å². The molecule has 5 rings (SSSR count). The zero-order chi connectivity index (χ0) is 18.6. The van der Waals surface area contributed by atoms with E-state index in [9.17, 15) is 4.79 Å². The fraction of sp³-hybridized carbons (Fsp3) is 0.650. The van der Waals surface area contributed by atoms with Gasteiger partial charge in [-0.05, 0) is 81.3 Å². The lowest BCUT2D eigenvalue weighted by atomic mass is 9.53. The molecule has 0 aliphatic heterocycles. The second-order valence-corrected chi connectivity index (χ2v) is 9.69. The number of hydrogen-bond donors (Lipinski definition) is 1. The zero-order valence-corrected chi connectivity index (χ0v) is 17.4.